The van der Waals surface area contributed by atoms with E-state index in [4.69, 9.17) is 4.74 Å². The minimum absolute atomic E-state index is 0.0155. The number of aromatic nitrogens is 4. The maximum Gasteiger partial charge on any atom is 0.230 e. The van der Waals surface area contributed by atoms with Gasteiger partial charge in [-0.15, -0.1) is 10.2 Å². The molecule has 1 aromatic carbocycles. The van der Waals surface area contributed by atoms with Crippen molar-refractivity contribution in [3.05, 3.63) is 52.3 Å². The van der Waals surface area contributed by atoms with Crippen LogP contribution in [0.4, 0.5) is 5.13 Å². The van der Waals surface area contributed by atoms with Crippen molar-refractivity contribution in [2.24, 2.45) is 0 Å². The van der Waals surface area contributed by atoms with Crippen LogP contribution in [-0.2, 0) is 16.0 Å². The molecule has 1 aliphatic heterocycles. The van der Waals surface area contributed by atoms with Crippen LogP contribution < -0.4 is 5.32 Å². The topological polar surface area (TPSA) is 81.9 Å². The number of ether oxygens (including phenoxy) is 1. The van der Waals surface area contributed by atoms with Gasteiger partial charge in [0.15, 0.2) is 0 Å². The van der Waals surface area contributed by atoms with Crippen molar-refractivity contribution in [1.82, 2.24) is 20.0 Å². The van der Waals surface area contributed by atoms with Gasteiger partial charge in [0.25, 0.3) is 0 Å². The first-order valence-corrected chi connectivity index (χ1v) is 9.79. The lowest BCUT2D eigenvalue weighted by Crippen LogP contribution is -2.15. The van der Waals surface area contributed by atoms with Gasteiger partial charge in [0.1, 0.15) is 11.1 Å². The monoisotopic (exact) mass is 383 g/mol. The Kier molecular flexibility index (Phi) is 5.00. The van der Waals surface area contributed by atoms with Crippen molar-refractivity contribution < 1.29 is 9.53 Å². The fourth-order valence-electron chi connectivity index (χ4n) is 3.26. The zero-order chi connectivity index (χ0) is 18.8. The number of hydrogen-bond acceptors (Lipinski definition) is 6. The quantitative estimate of drug-likeness (QED) is 0.730. The second-order valence-electron chi connectivity index (χ2n) is 6.57. The number of anilines is 1. The molecule has 1 fully saturated rings. The summed E-state index contributed by atoms with van der Waals surface area (Å²) in [5.74, 6) is -0.121. The number of amides is 1. The van der Waals surface area contributed by atoms with Crippen LogP contribution in [0.2, 0.25) is 0 Å². The van der Waals surface area contributed by atoms with Crippen LogP contribution in [0.5, 0.6) is 0 Å². The summed E-state index contributed by atoms with van der Waals surface area (Å²) >= 11 is 1.38. The van der Waals surface area contributed by atoms with Crippen molar-refractivity contribution >= 4 is 22.4 Å². The molecule has 7 nitrogen and oxygen atoms in total. The van der Waals surface area contributed by atoms with Gasteiger partial charge in [-0.1, -0.05) is 29.5 Å². The molecule has 1 aliphatic rings. The summed E-state index contributed by atoms with van der Waals surface area (Å²) in [6.45, 7) is 4.67. The lowest BCUT2D eigenvalue weighted by Gasteiger charge is -2.05. The summed E-state index contributed by atoms with van der Waals surface area (Å²) in [7, 11) is 0. The second-order valence-corrected chi connectivity index (χ2v) is 7.58. The summed E-state index contributed by atoms with van der Waals surface area (Å²) in [6, 6.07) is 9.91. The molecule has 140 valence electrons. The molecule has 27 heavy (non-hydrogen) atoms. The van der Waals surface area contributed by atoms with Gasteiger partial charge >= 0.3 is 0 Å². The molecule has 0 spiro atoms. The molecule has 8 heteroatoms. The Morgan fingerprint density at radius 1 is 1.30 bits per heavy atom. The van der Waals surface area contributed by atoms with Gasteiger partial charge < -0.3 is 10.1 Å². The minimum Gasteiger partial charge on any atom is -0.371 e. The molecule has 2 aromatic heterocycles. The summed E-state index contributed by atoms with van der Waals surface area (Å²) < 4.78 is 7.49. The van der Waals surface area contributed by atoms with E-state index in [2.05, 4.69) is 20.6 Å². The van der Waals surface area contributed by atoms with Crippen LogP contribution in [0.25, 0.3) is 5.69 Å². The Morgan fingerprint density at radius 2 is 2.11 bits per heavy atom. The molecule has 1 unspecified atom stereocenters. The molecule has 3 aromatic rings. The van der Waals surface area contributed by atoms with Crippen molar-refractivity contribution in [2.75, 3.05) is 11.9 Å². The van der Waals surface area contributed by atoms with Gasteiger partial charge in [0.05, 0.1) is 17.8 Å². The molecule has 0 saturated carbocycles. The van der Waals surface area contributed by atoms with Crippen LogP contribution in [0, 0.1) is 13.8 Å². The number of hydrogen-bond donors (Lipinski definition) is 1. The highest BCUT2D eigenvalue weighted by Gasteiger charge is 2.23. The van der Waals surface area contributed by atoms with E-state index in [1.165, 1.54) is 11.3 Å². The minimum atomic E-state index is -0.121. The van der Waals surface area contributed by atoms with E-state index in [1.807, 2.05) is 48.9 Å². The second kappa shape index (κ2) is 7.58. The average Bonchev–Trinajstić information content (AvgIpc) is 3.40. The molecule has 0 bridgehead atoms. The highest BCUT2D eigenvalue weighted by Crippen LogP contribution is 2.32. The summed E-state index contributed by atoms with van der Waals surface area (Å²) in [5.41, 5.74) is 3.73. The van der Waals surface area contributed by atoms with Gasteiger partial charge in [-0.2, -0.15) is 5.10 Å². The van der Waals surface area contributed by atoms with Crippen LogP contribution >= 0.6 is 11.3 Å². The summed E-state index contributed by atoms with van der Waals surface area (Å²) in [6.07, 6.45) is 2.26. The third-order valence-corrected chi connectivity index (χ3v) is 5.60. The van der Waals surface area contributed by atoms with Crippen molar-refractivity contribution in [2.45, 2.75) is 39.2 Å². The molecule has 3 heterocycles. The van der Waals surface area contributed by atoms with Crippen molar-refractivity contribution in [1.29, 1.82) is 0 Å². The van der Waals surface area contributed by atoms with E-state index in [-0.39, 0.29) is 18.4 Å². The number of para-hydroxylation sites is 1. The Balaban J connectivity index is 1.46. The number of nitrogens with zero attached hydrogens (tertiary/aromatic N) is 4. The number of carbonyl (C=O) groups excluding carboxylic acids is 1. The zero-order valence-corrected chi connectivity index (χ0v) is 16.1. The Hall–Kier alpha value is -2.58. The fourth-order valence-corrected chi connectivity index (χ4v) is 4.11. The van der Waals surface area contributed by atoms with Crippen LogP contribution in [0.3, 0.4) is 0 Å². The number of aryl methyl sites for hydroxylation is 1. The van der Waals surface area contributed by atoms with Crippen molar-refractivity contribution in [3.63, 3.8) is 0 Å². The first-order chi connectivity index (χ1) is 13.1. The average molecular weight is 383 g/mol. The van der Waals surface area contributed by atoms with E-state index in [0.29, 0.717) is 5.13 Å². The third-order valence-electron chi connectivity index (χ3n) is 4.67. The standard InChI is InChI=1S/C19H21N5O2S/c1-12-15(13(2)24(23-12)14-7-4-3-5-8-14)11-17(25)20-19-22-21-18(27-19)16-9-6-10-26-16/h3-5,7-8,16H,6,9-11H2,1-2H3,(H,20,22,25). The molecule has 1 saturated heterocycles. The maximum atomic E-state index is 12.5. The van der Waals surface area contributed by atoms with Gasteiger partial charge in [0, 0.05) is 17.9 Å². The van der Waals surface area contributed by atoms with E-state index in [1.54, 1.807) is 0 Å². The van der Waals surface area contributed by atoms with Gasteiger partial charge in [-0.05, 0) is 38.8 Å². The molecule has 1 atom stereocenters. The first kappa shape index (κ1) is 17.8. The van der Waals surface area contributed by atoms with E-state index in [0.717, 1.165) is 47.1 Å². The van der Waals surface area contributed by atoms with E-state index in [9.17, 15) is 4.79 Å². The summed E-state index contributed by atoms with van der Waals surface area (Å²) in [5, 5.41) is 17.0. The van der Waals surface area contributed by atoms with Crippen LogP contribution in [0.15, 0.2) is 30.3 Å². The fraction of sp³-hybridized carbons (Fsp3) is 0.368. The smallest absolute Gasteiger partial charge is 0.230 e. The van der Waals surface area contributed by atoms with Crippen LogP contribution in [-0.4, -0.2) is 32.5 Å². The lowest BCUT2D eigenvalue weighted by molar-refractivity contribution is -0.115. The number of nitrogens with one attached hydrogen (secondary N) is 1. The largest absolute Gasteiger partial charge is 0.371 e. The highest BCUT2D eigenvalue weighted by molar-refractivity contribution is 7.15. The molecule has 1 N–H and O–H groups in total. The predicted molar refractivity (Wildman–Crippen MR) is 103 cm³/mol. The molecular weight excluding hydrogens is 362 g/mol. The molecule has 0 aliphatic carbocycles. The SMILES string of the molecule is Cc1nn(-c2ccccc2)c(C)c1CC(=O)Nc1nnc(C2CCCO2)s1. The van der Waals surface area contributed by atoms with E-state index >= 15 is 0 Å². The molecule has 1 amide bonds. The van der Waals surface area contributed by atoms with Gasteiger partial charge in [0.2, 0.25) is 11.0 Å². The Labute approximate surface area is 161 Å². The Bertz CT molecular complexity index is 944. The number of carbonyl (C=O) groups is 1. The Morgan fingerprint density at radius 3 is 2.85 bits per heavy atom. The van der Waals surface area contributed by atoms with Crippen molar-refractivity contribution in [3.8, 4) is 5.69 Å². The lowest BCUT2D eigenvalue weighted by atomic mass is 10.1. The number of rotatable bonds is 5. The normalized spacial score (nSPS) is 16.6. The zero-order valence-electron chi connectivity index (χ0n) is 15.3. The number of benzene rings is 1. The van der Waals surface area contributed by atoms with Gasteiger partial charge in [-0.25, -0.2) is 4.68 Å². The molecular formula is C19H21N5O2S. The predicted octanol–water partition coefficient (Wildman–Crippen LogP) is 3.37. The van der Waals surface area contributed by atoms with Crippen LogP contribution in [0.1, 0.15) is 40.9 Å². The molecule has 0 radical (unpaired) electrons. The maximum absolute atomic E-state index is 12.5. The summed E-state index contributed by atoms with van der Waals surface area (Å²) in [4.78, 5) is 12.5. The third kappa shape index (κ3) is 3.77. The van der Waals surface area contributed by atoms with Gasteiger partial charge in [-0.3, -0.25) is 4.79 Å². The highest BCUT2D eigenvalue weighted by atomic mass is 32.1. The van der Waals surface area contributed by atoms with E-state index < -0.39 is 0 Å². The molecule has 4 rings (SSSR count). The first-order valence-electron chi connectivity index (χ1n) is 8.97.